The second-order valence-electron chi connectivity index (χ2n) is 5.98. The Morgan fingerprint density at radius 3 is 2.65 bits per heavy atom. The standard InChI is InChI=1S/C17H27N3O.2ClH/c1-3-20(16-6-4-5-13(2)11-16)10-9-19-17(21)14-7-8-15(18)12-14;;/h4-6,11,14-15H,3,7-10,12,18H2,1-2H3,(H,19,21);2*1H. The molecule has 2 atom stereocenters. The highest BCUT2D eigenvalue weighted by Gasteiger charge is 2.27. The molecule has 0 aliphatic heterocycles. The number of amides is 1. The van der Waals surface area contributed by atoms with Gasteiger partial charge in [-0.15, -0.1) is 24.8 Å². The number of hydrogen-bond acceptors (Lipinski definition) is 3. The van der Waals surface area contributed by atoms with Crippen molar-refractivity contribution in [3.05, 3.63) is 29.8 Å². The van der Waals surface area contributed by atoms with Crippen molar-refractivity contribution in [2.24, 2.45) is 11.7 Å². The summed E-state index contributed by atoms with van der Waals surface area (Å²) < 4.78 is 0. The predicted octanol–water partition coefficient (Wildman–Crippen LogP) is 2.91. The number of anilines is 1. The fourth-order valence-corrected chi connectivity index (χ4v) is 3.01. The van der Waals surface area contributed by atoms with Gasteiger partial charge in [-0.05, 0) is 50.8 Å². The average molecular weight is 362 g/mol. The van der Waals surface area contributed by atoms with Crippen LogP contribution >= 0.6 is 24.8 Å². The summed E-state index contributed by atoms with van der Waals surface area (Å²) in [5.41, 5.74) is 8.34. The van der Waals surface area contributed by atoms with Crippen molar-refractivity contribution in [2.75, 3.05) is 24.5 Å². The van der Waals surface area contributed by atoms with Gasteiger partial charge in [0.1, 0.15) is 0 Å². The highest BCUT2D eigenvalue weighted by molar-refractivity contribution is 5.85. The Labute approximate surface area is 152 Å². The van der Waals surface area contributed by atoms with Gasteiger partial charge in [0.15, 0.2) is 0 Å². The van der Waals surface area contributed by atoms with Gasteiger partial charge in [0.05, 0.1) is 0 Å². The topological polar surface area (TPSA) is 58.4 Å². The largest absolute Gasteiger partial charge is 0.370 e. The maximum atomic E-state index is 12.1. The zero-order valence-electron chi connectivity index (χ0n) is 14.0. The maximum Gasteiger partial charge on any atom is 0.223 e. The number of halogens is 2. The molecule has 1 aromatic carbocycles. The lowest BCUT2D eigenvalue weighted by molar-refractivity contribution is -0.124. The normalized spacial score (nSPS) is 19.4. The molecule has 0 bridgehead atoms. The molecule has 0 heterocycles. The summed E-state index contributed by atoms with van der Waals surface area (Å²) in [5.74, 6) is 0.289. The summed E-state index contributed by atoms with van der Waals surface area (Å²) in [6, 6.07) is 8.68. The van der Waals surface area contributed by atoms with Crippen LogP contribution in [0.25, 0.3) is 0 Å². The average Bonchev–Trinajstić information content (AvgIpc) is 2.90. The van der Waals surface area contributed by atoms with Crippen molar-refractivity contribution < 1.29 is 4.79 Å². The smallest absolute Gasteiger partial charge is 0.223 e. The number of hydrogen-bond donors (Lipinski definition) is 2. The van der Waals surface area contributed by atoms with E-state index in [1.165, 1.54) is 11.3 Å². The summed E-state index contributed by atoms with van der Waals surface area (Å²) in [7, 11) is 0. The van der Waals surface area contributed by atoms with Crippen LogP contribution in [0.4, 0.5) is 5.69 Å². The Morgan fingerprint density at radius 2 is 2.09 bits per heavy atom. The molecular weight excluding hydrogens is 333 g/mol. The molecule has 3 N–H and O–H groups in total. The fourth-order valence-electron chi connectivity index (χ4n) is 3.01. The lowest BCUT2D eigenvalue weighted by Gasteiger charge is -2.24. The van der Waals surface area contributed by atoms with E-state index in [9.17, 15) is 4.79 Å². The Balaban J connectivity index is 0.00000242. The fraction of sp³-hybridized carbons (Fsp3) is 0.588. The molecule has 1 aliphatic carbocycles. The first-order valence-electron chi connectivity index (χ1n) is 7.95. The van der Waals surface area contributed by atoms with Gasteiger partial charge in [-0.3, -0.25) is 4.79 Å². The van der Waals surface area contributed by atoms with Crippen LogP contribution in [-0.4, -0.2) is 31.6 Å². The molecule has 6 heteroatoms. The van der Waals surface area contributed by atoms with E-state index in [1.807, 2.05) is 0 Å². The van der Waals surface area contributed by atoms with Crippen molar-refractivity contribution in [3.63, 3.8) is 0 Å². The van der Waals surface area contributed by atoms with Crippen molar-refractivity contribution >= 4 is 36.4 Å². The van der Waals surface area contributed by atoms with Crippen LogP contribution in [-0.2, 0) is 4.79 Å². The van der Waals surface area contributed by atoms with Crippen molar-refractivity contribution in [1.82, 2.24) is 5.32 Å². The number of nitrogens with zero attached hydrogens (tertiary/aromatic N) is 1. The van der Waals surface area contributed by atoms with Gasteiger partial charge in [0.2, 0.25) is 5.91 Å². The molecule has 4 nitrogen and oxygen atoms in total. The van der Waals surface area contributed by atoms with Gasteiger partial charge in [0, 0.05) is 37.3 Å². The van der Waals surface area contributed by atoms with Gasteiger partial charge in [-0.25, -0.2) is 0 Å². The van der Waals surface area contributed by atoms with E-state index < -0.39 is 0 Å². The summed E-state index contributed by atoms with van der Waals surface area (Å²) in [6.45, 7) is 6.70. The van der Waals surface area contributed by atoms with Crippen LogP contribution in [0.5, 0.6) is 0 Å². The minimum Gasteiger partial charge on any atom is -0.370 e. The first kappa shape index (κ1) is 22.0. The first-order chi connectivity index (χ1) is 10.1. The van der Waals surface area contributed by atoms with Crippen LogP contribution < -0.4 is 16.0 Å². The molecule has 1 saturated carbocycles. The van der Waals surface area contributed by atoms with Crippen LogP contribution in [0.15, 0.2) is 24.3 Å². The van der Waals surface area contributed by atoms with E-state index >= 15 is 0 Å². The van der Waals surface area contributed by atoms with E-state index in [4.69, 9.17) is 5.73 Å². The molecule has 23 heavy (non-hydrogen) atoms. The summed E-state index contributed by atoms with van der Waals surface area (Å²) in [6.07, 6.45) is 2.74. The van der Waals surface area contributed by atoms with E-state index in [0.717, 1.165) is 32.4 Å². The minimum absolute atomic E-state index is 0. The predicted molar refractivity (Wildman–Crippen MR) is 102 cm³/mol. The molecule has 0 saturated heterocycles. The van der Waals surface area contributed by atoms with Gasteiger partial charge < -0.3 is 16.0 Å². The third-order valence-electron chi connectivity index (χ3n) is 4.27. The Morgan fingerprint density at radius 1 is 1.35 bits per heavy atom. The quantitative estimate of drug-likeness (QED) is 0.818. The molecule has 1 aliphatic rings. The van der Waals surface area contributed by atoms with Crippen molar-refractivity contribution in [1.29, 1.82) is 0 Å². The Bertz CT molecular complexity index is 485. The van der Waals surface area contributed by atoms with Gasteiger partial charge in [-0.2, -0.15) is 0 Å². The van der Waals surface area contributed by atoms with E-state index in [2.05, 4.69) is 48.3 Å². The van der Waals surface area contributed by atoms with Gasteiger partial charge in [-0.1, -0.05) is 12.1 Å². The first-order valence-corrected chi connectivity index (χ1v) is 7.95. The molecule has 132 valence electrons. The molecule has 0 radical (unpaired) electrons. The Kier molecular flexibility index (Phi) is 10.3. The second-order valence-corrected chi connectivity index (χ2v) is 5.98. The molecule has 1 amide bonds. The number of likely N-dealkylation sites (N-methyl/N-ethyl adjacent to an activating group) is 1. The number of benzene rings is 1. The SMILES string of the molecule is CCN(CCNC(=O)C1CCC(N)C1)c1cccc(C)c1.Cl.Cl. The number of nitrogens with two attached hydrogens (primary N) is 1. The molecular formula is C17H29Cl2N3O. The molecule has 2 unspecified atom stereocenters. The van der Waals surface area contributed by atoms with Crippen LogP contribution in [0.1, 0.15) is 31.7 Å². The summed E-state index contributed by atoms with van der Waals surface area (Å²) in [4.78, 5) is 14.4. The third kappa shape index (κ3) is 6.58. The number of rotatable bonds is 6. The minimum atomic E-state index is 0. The number of carbonyl (C=O) groups excluding carboxylic acids is 1. The summed E-state index contributed by atoms with van der Waals surface area (Å²) >= 11 is 0. The van der Waals surface area contributed by atoms with Crippen LogP contribution in [0, 0.1) is 12.8 Å². The highest BCUT2D eigenvalue weighted by Crippen LogP contribution is 2.24. The number of aryl methyl sites for hydroxylation is 1. The lowest BCUT2D eigenvalue weighted by atomic mass is 10.1. The van der Waals surface area contributed by atoms with E-state index in [-0.39, 0.29) is 42.7 Å². The molecule has 2 rings (SSSR count). The number of carbonyl (C=O) groups is 1. The lowest BCUT2D eigenvalue weighted by Crippen LogP contribution is -2.37. The molecule has 0 aromatic heterocycles. The zero-order chi connectivity index (χ0) is 15.2. The maximum absolute atomic E-state index is 12.1. The second kappa shape index (κ2) is 10.7. The van der Waals surface area contributed by atoms with Gasteiger partial charge >= 0.3 is 0 Å². The van der Waals surface area contributed by atoms with E-state index in [1.54, 1.807) is 0 Å². The number of nitrogens with one attached hydrogen (secondary N) is 1. The molecule has 0 spiro atoms. The molecule has 1 aromatic rings. The van der Waals surface area contributed by atoms with E-state index in [0.29, 0.717) is 6.54 Å². The Hall–Kier alpha value is -0.970. The van der Waals surface area contributed by atoms with Crippen LogP contribution in [0.3, 0.4) is 0 Å². The third-order valence-corrected chi connectivity index (χ3v) is 4.27. The zero-order valence-corrected chi connectivity index (χ0v) is 15.6. The summed E-state index contributed by atoms with van der Waals surface area (Å²) in [5, 5.41) is 3.06. The van der Waals surface area contributed by atoms with Crippen LogP contribution in [0.2, 0.25) is 0 Å². The van der Waals surface area contributed by atoms with Crippen molar-refractivity contribution in [3.8, 4) is 0 Å². The van der Waals surface area contributed by atoms with Crippen molar-refractivity contribution in [2.45, 2.75) is 39.2 Å². The monoisotopic (exact) mass is 361 g/mol. The molecule has 1 fully saturated rings. The van der Waals surface area contributed by atoms with Gasteiger partial charge in [0.25, 0.3) is 0 Å². The highest BCUT2D eigenvalue weighted by atomic mass is 35.5.